The number of nitrogens with zero attached hydrogens (tertiary/aromatic N) is 3. The van der Waals surface area contributed by atoms with Crippen molar-refractivity contribution < 1.29 is 13.7 Å². The molecule has 0 radical (unpaired) electrons. The third-order valence-electron chi connectivity index (χ3n) is 1.51. The standard InChI is InChI=1S/C7H2ClF2N3O2/c8-5-1-4(13(14)15)3(2-11)6(12-5)7(9)10/h1,7H. The second-order valence-electron chi connectivity index (χ2n) is 2.39. The fourth-order valence-electron chi connectivity index (χ4n) is 0.936. The van der Waals surface area contributed by atoms with Crippen LogP contribution < -0.4 is 0 Å². The molecule has 0 saturated heterocycles. The molecule has 0 fully saturated rings. The van der Waals surface area contributed by atoms with Gasteiger partial charge < -0.3 is 0 Å². The quantitative estimate of drug-likeness (QED) is 0.446. The zero-order valence-electron chi connectivity index (χ0n) is 6.95. The van der Waals surface area contributed by atoms with Gasteiger partial charge in [-0.2, -0.15) is 5.26 Å². The molecule has 15 heavy (non-hydrogen) atoms. The average Bonchev–Trinajstić information content (AvgIpc) is 2.16. The smallest absolute Gasteiger partial charge is 0.258 e. The normalized spacial score (nSPS) is 10.1. The number of nitriles is 1. The van der Waals surface area contributed by atoms with Gasteiger partial charge in [-0.1, -0.05) is 11.6 Å². The third kappa shape index (κ3) is 2.16. The molecule has 8 heteroatoms. The molecule has 1 aromatic heterocycles. The fraction of sp³-hybridized carbons (Fsp3) is 0.143. The van der Waals surface area contributed by atoms with E-state index in [0.29, 0.717) is 0 Å². The number of hydrogen-bond acceptors (Lipinski definition) is 4. The maximum atomic E-state index is 12.3. The zero-order valence-corrected chi connectivity index (χ0v) is 7.70. The highest BCUT2D eigenvalue weighted by Crippen LogP contribution is 2.29. The Morgan fingerprint density at radius 3 is 2.67 bits per heavy atom. The van der Waals surface area contributed by atoms with Crippen molar-refractivity contribution in [2.75, 3.05) is 0 Å². The van der Waals surface area contributed by atoms with E-state index in [2.05, 4.69) is 4.98 Å². The molecule has 0 unspecified atom stereocenters. The van der Waals surface area contributed by atoms with Crippen LogP contribution in [-0.4, -0.2) is 9.91 Å². The van der Waals surface area contributed by atoms with Crippen LogP contribution in [0.25, 0.3) is 0 Å². The second-order valence-corrected chi connectivity index (χ2v) is 2.78. The van der Waals surface area contributed by atoms with Crippen LogP contribution in [0.1, 0.15) is 17.7 Å². The van der Waals surface area contributed by atoms with Gasteiger partial charge in [0.2, 0.25) is 0 Å². The lowest BCUT2D eigenvalue weighted by atomic mass is 10.2. The summed E-state index contributed by atoms with van der Waals surface area (Å²) in [5.74, 6) is 0. The van der Waals surface area contributed by atoms with E-state index in [1.54, 1.807) is 0 Å². The molecular formula is C7H2ClF2N3O2. The maximum absolute atomic E-state index is 12.3. The first-order chi connectivity index (χ1) is 6.97. The van der Waals surface area contributed by atoms with Gasteiger partial charge in [0, 0.05) is 0 Å². The lowest BCUT2D eigenvalue weighted by Crippen LogP contribution is -2.01. The number of nitro groups is 1. The minimum atomic E-state index is -3.09. The van der Waals surface area contributed by atoms with Crippen LogP contribution in [0.2, 0.25) is 5.15 Å². The van der Waals surface area contributed by atoms with Crippen LogP contribution >= 0.6 is 11.6 Å². The number of aromatic nitrogens is 1. The Labute approximate surface area is 87.1 Å². The first kappa shape index (κ1) is 11.3. The molecule has 0 aliphatic carbocycles. The Bertz CT molecular complexity index is 458. The van der Waals surface area contributed by atoms with Gasteiger partial charge in [-0.15, -0.1) is 0 Å². The molecule has 5 nitrogen and oxygen atoms in total. The summed E-state index contributed by atoms with van der Waals surface area (Å²) in [4.78, 5) is 12.6. The SMILES string of the molecule is N#Cc1c([N+](=O)[O-])cc(Cl)nc1C(F)F. The number of halogens is 3. The molecule has 0 N–H and O–H groups in total. The Balaban J connectivity index is 3.54. The molecule has 0 bridgehead atoms. The summed E-state index contributed by atoms with van der Waals surface area (Å²) in [7, 11) is 0. The van der Waals surface area contributed by atoms with E-state index in [-0.39, 0.29) is 0 Å². The van der Waals surface area contributed by atoms with Gasteiger partial charge in [0.15, 0.2) is 5.56 Å². The summed E-state index contributed by atoms with van der Waals surface area (Å²) in [6.45, 7) is 0. The summed E-state index contributed by atoms with van der Waals surface area (Å²) in [5.41, 5.74) is -2.51. The van der Waals surface area contributed by atoms with E-state index in [9.17, 15) is 18.9 Å². The molecule has 1 aromatic rings. The third-order valence-corrected chi connectivity index (χ3v) is 1.70. The van der Waals surface area contributed by atoms with Crippen LogP contribution in [0.15, 0.2) is 6.07 Å². The van der Waals surface area contributed by atoms with E-state index < -0.39 is 33.4 Å². The first-order valence-electron chi connectivity index (χ1n) is 3.50. The van der Waals surface area contributed by atoms with Crippen molar-refractivity contribution in [3.8, 4) is 6.07 Å². The van der Waals surface area contributed by atoms with E-state index in [4.69, 9.17) is 16.9 Å². The van der Waals surface area contributed by atoms with Crippen LogP contribution in [-0.2, 0) is 0 Å². The van der Waals surface area contributed by atoms with Crippen molar-refractivity contribution >= 4 is 17.3 Å². The van der Waals surface area contributed by atoms with Crippen molar-refractivity contribution in [1.29, 1.82) is 5.26 Å². The largest absolute Gasteiger partial charge is 0.292 e. The first-order valence-corrected chi connectivity index (χ1v) is 3.88. The van der Waals surface area contributed by atoms with Gasteiger partial charge in [0.1, 0.15) is 16.9 Å². The van der Waals surface area contributed by atoms with Gasteiger partial charge in [-0.25, -0.2) is 13.8 Å². The predicted molar refractivity (Wildman–Crippen MR) is 45.6 cm³/mol. The van der Waals surface area contributed by atoms with E-state index in [0.717, 1.165) is 6.07 Å². The fourth-order valence-corrected chi connectivity index (χ4v) is 1.13. The maximum Gasteiger partial charge on any atom is 0.292 e. The van der Waals surface area contributed by atoms with E-state index in [1.165, 1.54) is 6.07 Å². The number of rotatable bonds is 2. The lowest BCUT2D eigenvalue weighted by molar-refractivity contribution is -0.385. The molecule has 0 saturated carbocycles. The Morgan fingerprint density at radius 1 is 1.67 bits per heavy atom. The molecule has 78 valence electrons. The summed E-state index contributed by atoms with van der Waals surface area (Å²) in [6, 6.07) is 2.07. The topological polar surface area (TPSA) is 79.8 Å². The summed E-state index contributed by atoms with van der Waals surface area (Å²) < 4.78 is 24.7. The Kier molecular flexibility index (Phi) is 3.11. The molecule has 0 aliphatic heterocycles. The van der Waals surface area contributed by atoms with Gasteiger partial charge in [-0.3, -0.25) is 10.1 Å². The zero-order chi connectivity index (χ0) is 11.6. The molecule has 0 atom stereocenters. The molecular weight excluding hydrogens is 232 g/mol. The Hall–Kier alpha value is -1.81. The summed E-state index contributed by atoms with van der Waals surface area (Å²) >= 11 is 5.31. The van der Waals surface area contributed by atoms with Crippen molar-refractivity contribution in [1.82, 2.24) is 4.98 Å². The highest BCUT2D eigenvalue weighted by molar-refractivity contribution is 6.29. The van der Waals surface area contributed by atoms with Gasteiger partial charge in [0.05, 0.1) is 11.0 Å². The summed E-state index contributed by atoms with van der Waals surface area (Å²) in [5, 5.41) is 18.5. The summed E-state index contributed by atoms with van der Waals surface area (Å²) in [6.07, 6.45) is -3.09. The number of pyridine rings is 1. The molecule has 1 heterocycles. The molecule has 0 spiro atoms. The highest BCUT2D eigenvalue weighted by Gasteiger charge is 2.25. The van der Waals surface area contributed by atoms with Crippen molar-refractivity contribution in [3.63, 3.8) is 0 Å². The van der Waals surface area contributed by atoms with Gasteiger partial charge >= 0.3 is 0 Å². The van der Waals surface area contributed by atoms with Crippen LogP contribution in [0.4, 0.5) is 14.5 Å². The average molecular weight is 234 g/mol. The van der Waals surface area contributed by atoms with Crippen molar-refractivity contribution in [2.24, 2.45) is 0 Å². The predicted octanol–water partition coefficient (Wildman–Crippen LogP) is 2.45. The van der Waals surface area contributed by atoms with Gasteiger partial charge in [-0.05, 0) is 0 Å². The second kappa shape index (κ2) is 4.14. The highest BCUT2D eigenvalue weighted by atomic mass is 35.5. The monoisotopic (exact) mass is 233 g/mol. The van der Waals surface area contributed by atoms with E-state index in [1.807, 2.05) is 0 Å². The van der Waals surface area contributed by atoms with Crippen LogP contribution in [0.3, 0.4) is 0 Å². The van der Waals surface area contributed by atoms with Gasteiger partial charge in [0.25, 0.3) is 12.1 Å². The molecule has 0 amide bonds. The molecule has 0 aromatic carbocycles. The minimum absolute atomic E-state index is 0.448. The molecule has 1 rings (SSSR count). The Morgan fingerprint density at radius 2 is 2.27 bits per heavy atom. The van der Waals surface area contributed by atoms with E-state index >= 15 is 0 Å². The number of hydrogen-bond donors (Lipinski definition) is 0. The lowest BCUT2D eigenvalue weighted by Gasteiger charge is -2.02. The van der Waals surface area contributed by atoms with Crippen LogP contribution in [0, 0.1) is 21.4 Å². The molecule has 0 aliphatic rings. The van der Waals surface area contributed by atoms with Crippen molar-refractivity contribution in [2.45, 2.75) is 6.43 Å². The number of alkyl halides is 2. The van der Waals surface area contributed by atoms with Crippen molar-refractivity contribution in [3.05, 3.63) is 32.6 Å². The van der Waals surface area contributed by atoms with Crippen LogP contribution in [0.5, 0.6) is 0 Å². The minimum Gasteiger partial charge on any atom is -0.258 e.